The third kappa shape index (κ3) is 5.79. The van der Waals surface area contributed by atoms with Crippen LogP contribution in [0.2, 0.25) is 0 Å². The summed E-state index contributed by atoms with van der Waals surface area (Å²) in [7, 11) is 0. The number of carbonyl (C=O) groups is 2. The molecule has 0 heterocycles. The van der Waals surface area contributed by atoms with Crippen LogP contribution >= 0.6 is 0 Å². The Balaban J connectivity index is 1.59. The van der Waals surface area contributed by atoms with Crippen LogP contribution in [0.1, 0.15) is 39.9 Å². The summed E-state index contributed by atoms with van der Waals surface area (Å²) < 4.78 is 5.75. The van der Waals surface area contributed by atoms with E-state index in [4.69, 9.17) is 9.84 Å². The molecule has 0 amide bonds. The maximum absolute atomic E-state index is 12.4. The Morgan fingerprint density at radius 3 is 2.33 bits per heavy atom. The van der Waals surface area contributed by atoms with Gasteiger partial charge in [-0.05, 0) is 60.4 Å². The lowest BCUT2D eigenvalue weighted by atomic mass is 10.0. The number of hydrogen-bond acceptors (Lipinski definition) is 4. The summed E-state index contributed by atoms with van der Waals surface area (Å²) in [6.45, 7) is 0. The summed E-state index contributed by atoms with van der Waals surface area (Å²) in [5.74, 6) is -0.0447. The highest BCUT2D eigenvalue weighted by molar-refractivity contribution is 5.96. The van der Waals surface area contributed by atoms with Crippen LogP contribution in [0.15, 0.2) is 72.8 Å². The van der Waals surface area contributed by atoms with Gasteiger partial charge in [-0.2, -0.15) is 5.26 Å². The van der Waals surface area contributed by atoms with Crippen LogP contribution in [0.5, 0.6) is 11.5 Å². The van der Waals surface area contributed by atoms with Gasteiger partial charge in [0.15, 0.2) is 5.78 Å². The molecular formula is C25H21NO4. The van der Waals surface area contributed by atoms with E-state index in [9.17, 15) is 14.9 Å². The van der Waals surface area contributed by atoms with Crippen molar-refractivity contribution in [1.29, 1.82) is 5.26 Å². The Hall–Kier alpha value is -3.91. The highest BCUT2D eigenvalue weighted by Crippen LogP contribution is 2.26. The molecule has 0 bridgehead atoms. The van der Waals surface area contributed by atoms with Gasteiger partial charge in [-0.1, -0.05) is 36.4 Å². The van der Waals surface area contributed by atoms with Crippen LogP contribution in [0.3, 0.4) is 0 Å². The van der Waals surface area contributed by atoms with Gasteiger partial charge < -0.3 is 9.84 Å². The van der Waals surface area contributed by atoms with Crippen LogP contribution < -0.4 is 4.74 Å². The van der Waals surface area contributed by atoms with Crippen molar-refractivity contribution in [1.82, 2.24) is 0 Å². The van der Waals surface area contributed by atoms with Gasteiger partial charge in [0.05, 0.1) is 12.0 Å². The van der Waals surface area contributed by atoms with Crippen molar-refractivity contribution in [3.8, 4) is 17.6 Å². The Morgan fingerprint density at radius 2 is 1.67 bits per heavy atom. The molecule has 5 heteroatoms. The van der Waals surface area contributed by atoms with E-state index in [0.717, 1.165) is 12.8 Å². The number of ketones is 1. The standard InChI is InChI=1S/C25H21NO4/c26-17-21-15-19(16-25(28)29)9-14-24(21)30-22-12-10-20(11-13-22)23(27)8-4-7-18-5-2-1-3-6-18/h1-3,5-6,9-15H,4,7-8,16H2,(H,28,29). The van der Waals surface area contributed by atoms with Gasteiger partial charge in [-0.25, -0.2) is 0 Å². The summed E-state index contributed by atoms with van der Waals surface area (Å²) in [5.41, 5.74) is 2.63. The number of carbonyl (C=O) groups excluding carboxylic acids is 1. The van der Waals surface area contributed by atoms with Gasteiger partial charge in [0.25, 0.3) is 0 Å². The zero-order chi connectivity index (χ0) is 21.3. The number of hydrogen-bond donors (Lipinski definition) is 1. The Kier molecular flexibility index (Phi) is 6.96. The highest BCUT2D eigenvalue weighted by atomic mass is 16.5. The highest BCUT2D eigenvalue weighted by Gasteiger charge is 2.10. The van der Waals surface area contributed by atoms with E-state index >= 15 is 0 Å². The molecule has 0 atom stereocenters. The van der Waals surface area contributed by atoms with Crippen molar-refractivity contribution in [2.45, 2.75) is 25.7 Å². The average Bonchev–Trinajstić information content (AvgIpc) is 2.75. The van der Waals surface area contributed by atoms with E-state index in [1.807, 2.05) is 24.3 Å². The third-order valence-corrected chi connectivity index (χ3v) is 4.64. The van der Waals surface area contributed by atoms with Gasteiger partial charge in [0.2, 0.25) is 0 Å². The van der Waals surface area contributed by atoms with E-state index in [1.54, 1.807) is 36.4 Å². The summed E-state index contributed by atoms with van der Waals surface area (Å²) in [4.78, 5) is 23.2. The maximum atomic E-state index is 12.4. The van der Waals surface area contributed by atoms with Crippen molar-refractivity contribution in [3.63, 3.8) is 0 Å². The topological polar surface area (TPSA) is 87.4 Å². The SMILES string of the molecule is N#Cc1cc(CC(=O)O)ccc1Oc1ccc(C(=O)CCCc2ccccc2)cc1. The molecule has 0 saturated carbocycles. The van der Waals surface area contributed by atoms with Crippen molar-refractivity contribution in [2.24, 2.45) is 0 Å². The minimum absolute atomic E-state index is 0.0771. The second-order valence-corrected chi connectivity index (χ2v) is 6.90. The summed E-state index contributed by atoms with van der Waals surface area (Å²) in [6, 6.07) is 23.6. The molecule has 5 nitrogen and oxygen atoms in total. The van der Waals surface area contributed by atoms with E-state index in [2.05, 4.69) is 12.1 Å². The first-order valence-corrected chi connectivity index (χ1v) is 9.65. The number of nitrogens with zero attached hydrogens (tertiary/aromatic N) is 1. The first kappa shape index (κ1) is 20.8. The molecule has 0 aliphatic rings. The number of ether oxygens (including phenoxy) is 1. The molecule has 0 aromatic heterocycles. The van der Waals surface area contributed by atoms with E-state index in [-0.39, 0.29) is 17.8 Å². The second-order valence-electron chi connectivity index (χ2n) is 6.90. The van der Waals surface area contributed by atoms with Crippen molar-refractivity contribution < 1.29 is 19.4 Å². The molecule has 0 spiro atoms. The van der Waals surface area contributed by atoms with Crippen LogP contribution in [-0.4, -0.2) is 16.9 Å². The van der Waals surface area contributed by atoms with Crippen molar-refractivity contribution in [2.75, 3.05) is 0 Å². The third-order valence-electron chi connectivity index (χ3n) is 4.64. The molecule has 0 fully saturated rings. The average molecular weight is 399 g/mol. The number of benzene rings is 3. The number of aryl methyl sites for hydroxylation is 1. The summed E-state index contributed by atoms with van der Waals surface area (Å²) in [6.07, 6.45) is 1.96. The van der Waals surface area contributed by atoms with Gasteiger partial charge in [-0.15, -0.1) is 0 Å². The largest absolute Gasteiger partial charge is 0.481 e. The monoisotopic (exact) mass is 399 g/mol. The lowest BCUT2D eigenvalue weighted by Gasteiger charge is -2.09. The fourth-order valence-corrected chi connectivity index (χ4v) is 3.12. The Morgan fingerprint density at radius 1 is 0.933 bits per heavy atom. The lowest BCUT2D eigenvalue weighted by molar-refractivity contribution is -0.136. The Bertz CT molecular complexity index is 1070. The number of aliphatic carboxylic acids is 1. The molecule has 3 aromatic carbocycles. The van der Waals surface area contributed by atoms with E-state index in [1.165, 1.54) is 11.6 Å². The smallest absolute Gasteiger partial charge is 0.307 e. The predicted octanol–water partition coefficient (Wildman–Crippen LogP) is 5.18. The van der Waals surface area contributed by atoms with Crippen molar-refractivity contribution in [3.05, 3.63) is 95.1 Å². The lowest BCUT2D eigenvalue weighted by Crippen LogP contribution is -2.01. The maximum Gasteiger partial charge on any atom is 0.307 e. The zero-order valence-electron chi connectivity index (χ0n) is 16.4. The molecule has 1 N–H and O–H groups in total. The van der Waals surface area contributed by atoms with Crippen molar-refractivity contribution >= 4 is 11.8 Å². The van der Waals surface area contributed by atoms with Crippen LogP contribution in [0.4, 0.5) is 0 Å². The normalized spacial score (nSPS) is 10.2. The van der Waals surface area contributed by atoms with E-state index in [0.29, 0.717) is 29.0 Å². The number of carboxylic acids is 1. The quantitative estimate of drug-likeness (QED) is 0.501. The number of Topliss-reactive ketones (excluding diaryl/α,β-unsaturated/α-hetero) is 1. The van der Waals surface area contributed by atoms with Gasteiger partial charge in [0.1, 0.15) is 17.6 Å². The van der Waals surface area contributed by atoms with Gasteiger partial charge >= 0.3 is 5.97 Å². The molecule has 0 saturated heterocycles. The first-order valence-electron chi connectivity index (χ1n) is 9.65. The number of nitriles is 1. The molecular weight excluding hydrogens is 378 g/mol. The van der Waals surface area contributed by atoms with Gasteiger partial charge in [-0.3, -0.25) is 9.59 Å². The zero-order valence-corrected chi connectivity index (χ0v) is 16.4. The summed E-state index contributed by atoms with van der Waals surface area (Å²) in [5, 5.41) is 18.2. The molecule has 0 aliphatic heterocycles. The summed E-state index contributed by atoms with van der Waals surface area (Å²) >= 11 is 0. The molecule has 0 aliphatic carbocycles. The Labute approximate surface area is 175 Å². The van der Waals surface area contributed by atoms with Crippen LogP contribution in [0, 0.1) is 11.3 Å². The van der Waals surface area contributed by atoms with Crippen LogP contribution in [0.25, 0.3) is 0 Å². The molecule has 0 radical (unpaired) electrons. The molecule has 3 rings (SSSR count). The number of carboxylic acid groups (broad SMARTS) is 1. The second kappa shape index (κ2) is 10.0. The van der Waals surface area contributed by atoms with E-state index < -0.39 is 5.97 Å². The molecule has 30 heavy (non-hydrogen) atoms. The molecule has 3 aromatic rings. The van der Waals surface area contributed by atoms with Crippen LogP contribution in [-0.2, 0) is 17.6 Å². The molecule has 0 unspecified atom stereocenters. The predicted molar refractivity (Wildman–Crippen MR) is 113 cm³/mol. The fraction of sp³-hybridized carbons (Fsp3) is 0.160. The fourth-order valence-electron chi connectivity index (χ4n) is 3.12. The first-order chi connectivity index (χ1) is 14.5. The minimum Gasteiger partial charge on any atom is -0.481 e. The minimum atomic E-state index is -0.961. The van der Waals surface area contributed by atoms with Gasteiger partial charge in [0, 0.05) is 12.0 Å². The number of rotatable bonds is 9. The molecule has 150 valence electrons.